The monoisotopic (exact) mass is 575 g/mol. The Balaban J connectivity index is 1.09. The van der Waals surface area contributed by atoms with Crippen molar-refractivity contribution in [2.45, 2.75) is 25.7 Å². The zero-order valence-corrected chi connectivity index (χ0v) is 24.3. The largest absolute Gasteiger partial charge is 0.497 e. The number of morpholine rings is 1. The first-order valence-electron chi connectivity index (χ1n) is 15.1. The van der Waals surface area contributed by atoms with E-state index in [-0.39, 0.29) is 12.3 Å². The molecule has 2 aromatic rings. The highest BCUT2D eigenvalue weighted by Gasteiger charge is 2.29. The molecule has 4 heterocycles. The average Bonchev–Trinajstić information content (AvgIpc) is 3.04. The molecule has 0 aromatic heterocycles. The van der Waals surface area contributed by atoms with Gasteiger partial charge in [0.15, 0.2) is 5.88 Å². The van der Waals surface area contributed by atoms with Crippen LogP contribution in [-0.2, 0) is 19.0 Å². The minimum absolute atomic E-state index is 0.0252. The van der Waals surface area contributed by atoms with Crippen molar-refractivity contribution in [2.24, 2.45) is 11.8 Å². The third kappa shape index (κ3) is 6.46. The van der Waals surface area contributed by atoms with Gasteiger partial charge in [0.1, 0.15) is 11.5 Å². The molecular formula is C33H41N3O6. The average molecular weight is 576 g/mol. The lowest BCUT2D eigenvalue weighted by molar-refractivity contribution is -0.138. The van der Waals surface area contributed by atoms with Crippen LogP contribution in [0.3, 0.4) is 0 Å². The summed E-state index contributed by atoms with van der Waals surface area (Å²) in [7, 11) is 1.72. The standard InChI is InChI=1S/C33H41N3O6/c1-39-27-6-7-28(24-2-4-26(5-3-24)35-13-16-40-17-14-35)30(19-27)36-11-8-23(9-12-36)22-42-32-20-29-25(18-33(37)38)10-15-41-31(29)21-34-32/h2-7,19-20,23,25,34H,8-18,21-22H2,1H3,(H,37,38). The summed E-state index contributed by atoms with van der Waals surface area (Å²) in [6, 6.07) is 15.2. The number of nitrogens with zero attached hydrogens (tertiary/aromatic N) is 2. The van der Waals surface area contributed by atoms with Gasteiger partial charge >= 0.3 is 5.97 Å². The molecule has 4 aliphatic rings. The van der Waals surface area contributed by atoms with E-state index in [0.717, 1.165) is 75.7 Å². The number of dihydropyridines is 1. The zero-order chi connectivity index (χ0) is 28.9. The molecular weight excluding hydrogens is 534 g/mol. The van der Waals surface area contributed by atoms with Gasteiger partial charge in [0.05, 0.1) is 46.5 Å². The lowest BCUT2D eigenvalue weighted by Gasteiger charge is -2.35. The van der Waals surface area contributed by atoms with Crippen molar-refractivity contribution in [3.05, 3.63) is 65.8 Å². The SMILES string of the molecule is COc1ccc(-c2ccc(N3CCOCC3)cc2)c(N2CCC(COC3=CC4=C(CN3)OCCC4CC(=O)O)CC2)c1. The maximum Gasteiger partial charge on any atom is 0.303 e. The van der Waals surface area contributed by atoms with E-state index in [1.807, 2.05) is 12.1 Å². The summed E-state index contributed by atoms with van der Waals surface area (Å²) in [5.41, 5.74) is 5.82. The highest BCUT2D eigenvalue weighted by atomic mass is 16.5. The van der Waals surface area contributed by atoms with Crippen LogP contribution >= 0.6 is 0 Å². The van der Waals surface area contributed by atoms with Gasteiger partial charge < -0.3 is 39.2 Å². The topological polar surface area (TPSA) is 92.7 Å². The molecule has 9 heteroatoms. The van der Waals surface area contributed by atoms with Crippen LogP contribution in [0, 0.1) is 11.8 Å². The number of ether oxygens (including phenoxy) is 4. The number of piperidine rings is 1. The second-order valence-electron chi connectivity index (χ2n) is 11.4. The van der Waals surface area contributed by atoms with Gasteiger partial charge in [-0.1, -0.05) is 12.1 Å². The number of carbonyl (C=O) groups is 1. The number of methoxy groups -OCH3 is 1. The minimum atomic E-state index is -0.779. The van der Waals surface area contributed by atoms with Gasteiger partial charge in [0.25, 0.3) is 0 Å². The number of allylic oxidation sites excluding steroid dienone is 2. The molecule has 0 bridgehead atoms. The fraction of sp³-hybridized carbons (Fsp3) is 0.485. The molecule has 9 nitrogen and oxygen atoms in total. The summed E-state index contributed by atoms with van der Waals surface area (Å²) in [6.07, 6.45) is 4.84. The Hall–Kier alpha value is -3.85. The van der Waals surface area contributed by atoms with E-state index in [1.165, 1.54) is 22.5 Å². The predicted molar refractivity (Wildman–Crippen MR) is 162 cm³/mol. The first kappa shape index (κ1) is 28.3. The number of hydrogen-bond acceptors (Lipinski definition) is 8. The fourth-order valence-corrected chi connectivity index (χ4v) is 6.38. The Morgan fingerprint density at radius 1 is 1.00 bits per heavy atom. The van der Waals surface area contributed by atoms with Gasteiger partial charge in [-0.15, -0.1) is 0 Å². The zero-order valence-electron chi connectivity index (χ0n) is 24.3. The number of nitrogens with one attached hydrogen (secondary N) is 1. The van der Waals surface area contributed by atoms with Crippen LogP contribution in [0.2, 0.25) is 0 Å². The Morgan fingerprint density at radius 3 is 2.52 bits per heavy atom. The summed E-state index contributed by atoms with van der Waals surface area (Å²) in [4.78, 5) is 16.2. The maximum absolute atomic E-state index is 11.3. The molecule has 0 radical (unpaired) electrons. The van der Waals surface area contributed by atoms with Crippen molar-refractivity contribution >= 4 is 17.3 Å². The van der Waals surface area contributed by atoms with Crippen LogP contribution in [0.5, 0.6) is 5.75 Å². The van der Waals surface area contributed by atoms with Gasteiger partial charge in [-0.25, -0.2) is 0 Å². The highest BCUT2D eigenvalue weighted by Crippen LogP contribution is 2.37. The smallest absolute Gasteiger partial charge is 0.303 e. The van der Waals surface area contributed by atoms with Crippen LogP contribution in [-0.4, -0.2) is 77.3 Å². The van der Waals surface area contributed by atoms with Gasteiger partial charge in [0.2, 0.25) is 0 Å². The normalized spacial score (nSPS) is 21.2. The van der Waals surface area contributed by atoms with Crippen LogP contribution in [0.4, 0.5) is 11.4 Å². The molecule has 0 aliphatic carbocycles. The number of aliphatic carboxylic acids is 1. The van der Waals surface area contributed by atoms with Crippen LogP contribution in [0.25, 0.3) is 11.1 Å². The van der Waals surface area contributed by atoms with Gasteiger partial charge in [-0.05, 0) is 55.0 Å². The maximum atomic E-state index is 11.3. The lowest BCUT2D eigenvalue weighted by Crippen LogP contribution is -2.36. The Kier molecular flexibility index (Phi) is 8.74. The van der Waals surface area contributed by atoms with Gasteiger partial charge in [0, 0.05) is 66.8 Å². The van der Waals surface area contributed by atoms with Crippen molar-refractivity contribution in [2.75, 3.05) is 76.1 Å². The van der Waals surface area contributed by atoms with E-state index in [0.29, 0.717) is 31.6 Å². The molecule has 0 amide bonds. The van der Waals surface area contributed by atoms with E-state index in [4.69, 9.17) is 18.9 Å². The lowest BCUT2D eigenvalue weighted by atomic mass is 9.88. The molecule has 1 atom stereocenters. The number of carboxylic acid groups (broad SMARTS) is 1. The summed E-state index contributed by atoms with van der Waals surface area (Å²) in [6.45, 7) is 7.04. The highest BCUT2D eigenvalue weighted by molar-refractivity contribution is 5.81. The van der Waals surface area contributed by atoms with Crippen LogP contribution in [0.1, 0.15) is 25.7 Å². The van der Waals surface area contributed by atoms with Crippen molar-refractivity contribution in [1.82, 2.24) is 5.32 Å². The van der Waals surface area contributed by atoms with Crippen LogP contribution < -0.4 is 19.9 Å². The third-order valence-corrected chi connectivity index (χ3v) is 8.82. The van der Waals surface area contributed by atoms with Crippen molar-refractivity contribution in [3.8, 4) is 16.9 Å². The summed E-state index contributed by atoms with van der Waals surface area (Å²) < 4.78 is 23.1. The second-order valence-corrected chi connectivity index (χ2v) is 11.4. The van der Waals surface area contributed by atoms with E-state index in [1.54, 1.807) is 7.11 Å². The molecule has 4 aliphatic heterocycles. The summed E-state index contributed by atoms with van der Waals surface area (Å²) in [5.74, 6) is 2.06. The molecule has 224 valence electrons. The van der Waals surface area contributed by atoms with Gasteiger partial charge in [-0.2, -0.15) is 0 Å². The number of benzene rings is 2. The van der Waals surface area contributed by atoms with E-state index in [2.05, 4.69) is 51.5 Å². The van der Waals surface area contributed by atoms with E-state index in [9.17, 15) is 9.90 Å². The molecule has 42 heavy (non-hydrogen) atoms. The molecule has 2 aromatic carbocycles. The molecule has 0 saturated carbocycles. The molecule has 1 unspecified atom stereocenters. The predicted octanol–water partition coefficient (Wildman–Crippen LogP) is 4.64. The van der Waals surface area contributed by atoms with Crippen molar-refractivity contribution < 1.29 is 28.8 Å². The van der Waals surface area contributed by atoms with Crippen molar-refractivity contribution in [3.63, 3.8) is 0 Å². The van der Waals surface area contributed by atoms with Crippen molar-refractivity contribution in [1.29, 1.82) is 0 Å². The fourth-order valence-electron chi connectivity index (χ4n) is 6.38. The first-order valence-corrected chi connectivity index (χ1v) is 15.1. The number of hydrogen-bond donors (Lipinski definition) is 2. The third-order valence-electron chi connectivity index (χ3n) is 8.82. The molecule has 6 rings (SSSR count). The Labute approximate surface area is 247 Å². The summed E-state index contributed by atoms with van der Waals surface area (Å²) >= 11 is 0. The molecule has 2 fully saturated rings. The Bertz CT molecular complexity index is 1310. The van der Waals surface area contributed by atoms with E-state index >= 15 is 0 Å². The first-order chi connectivity index (χ1) is 20.6. The van der Waals surface area contributed by atoms with E-state index < -0.39 is 5.97 Å². The van der Waals surface area contributed by atoms with Gasteiger partial charge in [-0.3, -0.25) is 4.79 Å². The molecule has 0 spiro atoms. The minimum Gasteiger partial charge on any atom is -0.497 e. The number of carboxylic acids is 1. The molecule has 2 N–H and O–H groups in total. The quantitative estimate of drug-likeness (QED) is 0.444. The van der Waals surface area contributed by atoms with Crippen LogP contribution in [0.15, 0.2) is 65.8 Å². The number of anilines is 2. The summed E-state index contributed by atoms with van der Waals surface area (Å²) in [5, 5.41) is 12.6. The Morgan fingerprint density at radius 2 is 1.79 bits per heavy atom. The second kappa shape index (κ2) is 13.0. The number of rotatable bonds is 9. The molecule has 2 saturated heterocycles.